The minimum Gasteiger partial charge on any atom is -0.481 e. The van der Waals surface area contributed by atoms with Gasteiger partial charge in [0.1, 0.15) is 5.75 Å². The normalized spacial score (nSPS) is 13.2. The molecule has 0 N–H and O–H groups in total. The Morgan fingerprint density at radius 1 is 1.29 bits per heavy atom. The molecule has 2 aromatic carbocycles. The highest BCUT2D eigenvalue weighted by atomic mass is 32.2. The summed E-state index contributed by atoms with van der Waals surface area (Å²) < 4.78 is 31.6. The van der Waals surface area contributed by atoms with Crippen molar-refractivity contribution in [3.05, 3.63) is 53.3 Å². The van der Waals surface area contributed by atoms with Gasteiger partial charge in [-0.1, -0.05) is 35.5 Å². The van der Waals surface area contributed by atoms with Crippen LogP contribution in [0.4, 0.5) is 0 Å². The molecule has 6 nitrogen and oxygen atoms in total. The van der Waals surface area contributed by atoms with Crippen molar-refractivity contribution in [1.29, 1.82) is 0 Å². The van der Waals surface area contributed by atoms with Crippen molar-refractivity contribution in [1.82, 2.24) is 4.57 Å². The molecule has 0 saturated carbocycles. The number of para-hydroxylation sites is 1. The fraction of sp³-hybridized carbons (Fsp3) is 0.200. The molecule has 28 heavy (non-hydrogen) atoms. The average molecular weight is 415 g/mol. The van der Waals surface area contributed by atoms with Gasteiger partial charge < -0.3 is 9.30 Å². The number of thiazole rings is 1. The fourth-order valence-corrected chi connectivity index (χ4v) is 4.35. The second-order valence-corrected chi connectivity index (χ2v) is 9.12. The first-order valence-electron chi connectivity index (χ1n) is 8.37. The summed E-state index contributed by atoms with van der Waals surface area (Å²) in [6.45, 7) is 1.83. The van der Waals surface area contributed by atoms with Gasteiger partial charge in [-0.3, -0.25) is 4.79 Å². The maximum atomic E-state index is 12.5. The molecular formula is C20H18N2O4S2. The Bertz CT molecular complexity index is 1230. The second-order valence-electron chi connectivity index (χ2n) is 6.10. The number of nitrogens with zero attached hydrogens (tertiary/aromatic N) is 2. The second kappa shape index (κ2) is 8.00. The molecule has 0 fully saturated rings. The Morgan fingerprint density at radius 3 is 2.64 bits per heavy atom. The topological polar surface area (TPSA) is 77.7 Å². The third-order valence-corrected chi connectivity index (χ3v) is 6.09. The van der Waals surface area contributed by atoms with Gasteiger partial charge in [0.15, 0.2) is 20.7 Å². The van der Waals surface area contributed by atoms with Crippen molar-refractivity contribution in [2.75, 3.05) is 6.26 Å². The molecule has 3 aromatic rings. The van der Waals surface area contributed by atoms with Gasteiger partial charge in [-0.25, -0.2) is 8.42 Å². The molecule has 1 amide bonds. The first kappa shape index (κ1) is 19.9. The first-order chi connectivity index (χ1) is 13.3. The largest absolute Gasteiger partial charge is 0.481 e. The first-order valence-corrected chi connectivity index (χ1v) is 11.1. The van der Waals surface area contributed by atoms with Gasteiger partial charge in [-0.2, -0.15) is 4.99 Å². The molecule has 144 valence electrons. The van der Waals surface area contributed by atoms with Crippen LogP contribution in [0.15, 0.2) is 58.4 Å². The highest BCUT2D eigenvalue weighted by Crippen LogP contribution is 2.22. The molecule has 0 bridgehead atoms. The Labute approximate surface area is 167 Å². The van der Waals surface area contributed by atoms with Crippen LogP contribution in [0.1, 0.15) is 6.92 Å². The standard InChI is InChI=1S/C20H18N2O4S2/c1-4-12-22-17-11-10-16(28(3,24)25)13-18(17)27-20(22)21-19(23)14(2)26-15-8-6-5-7-9-15/h1,5-11,13-14H,12H2,2-3H3. The molecule has 0 saturated heterocycles. The highest BCUT2D eigenvalue weighted by Gasteiger charge is 2.16. The Hall–Kier alpha value is -2.89. The lowest BCUT2D eigenvalue weighted by Gasteiger charge is -2.10. The van der Waals surface area contributed by atoms with Crippen molar-refractivity contribution in [3.8, 4) is 18.1 Å². The van der Waals surface area contributed by atoms with Gasteiger partial charge in [0.25, 0.3) is 5.91 Å². The van der Waals surface area contributed by atoms with Gasteiger partial charge in [0, 0.05) is 6.26 Å². The molecule has 0 aliphatic heterocycles. The molecule has 1 unspecified atom stereocenters. The average Bonchev–Trinajstić information content (AvgIpc) is 2.98. The summed E-state index contributed by atoms with van der Waals surface area (Å²) in [6.07, 6.45) is 5.83. The Morgan fingerprint density at radius 2 is 2.00 bits per heavy atom. The zero-order valence-electron chi connectivity index (χ0n) is 15.3. The lowest BCUT2D eigenvalue weighted by Crippen LogP contribution is -2.26. The zero-order valence-corrected chi connectivity index (χ0v) is 17.0. The van der Waals surface area contributed by atoms with E-state index < -0.39 is 21.8 Å². The van der Waals surface area contributed by atoms with E-state index in [2.05, 4.69) is 10.9 Å². The number of amides is 1. The van der Waals surface area contributed by atoms with Crippen LogP contribution >= 0.6 is 11.3 Å². The van der Waals surface area contributed by atoms with Crippen molar-refractivity contribution >= 4 is 37.3 Å². The van der Waals surface area contributed by atoms with E-state index in [0.29, 0.717) is 15.3 Å². The van der Waals surface area contributed by atoms with Gasteiger partial charge in [0.2, 0.25) is 0 Å². The number of hydrogen-bond acceptors (Lipinski definition) is 5. The fourth-order valence-electron chi connectivity index (χ4n) is 2.55. The summed E-state index contributed by atoms with van der Waals surface area (Å²) in [7, 11) is -3.34. The van der Waals surface area contributed by atoms with Crippen LogP contribution in [0.2, 0.25) is 0 Å². The number of aromatic nitrogens is 1. The van der Waals surface area contributed by atoms with E-state index in [-0.39, 0.29) is 11.4 Å². The lowest BCUT2D eigenvalue weighted by molar-refractivity contribution is -0.124. The van der Waals surface area contributed by atoms with E-state index in [1.807, 2.05) is 18.2 Å². The molecule has 1 atom stereocenters. The maximum Gasteiger partial charge on any atom is 0.289 e. The van der Waals surface area contributed by atoms with Crippen LogP contribution in [-0.2, 0) is 21.2 Å². The summed E-state index contributed by atoms with van der Waals surface area (Å²) in [4.78, 5) is 17.3. The minimum atomic E-state index is -3.34. The van der Waals surface area contributed by atoms with Crippen LogP contribution in [0.25, 0.3) is 10.2 Å². The molecule has 1 heterocycles. The number of sulfone groups is 1. The summed E-state index contributed by atoms with van der Waals surface area (Å²) in [5.74, 6) is 2.66. The van der Waals surface area contributed by atoms with Gasteiger partial charge >= 0.3 is 0 Å². The molecular weight excluding hydrogens is 396 g/mol. The number of carbonyl (C=O) groups excluding carboxylic acids is 1. The van der Waals surface area contributed by atoms with Crippen LogP contribution < -0.4 is 9.54 Å². The van der Waals surface area contributed by atoms with E-state index in [9.17, 15) is 13.2 Å². The number of hydrogen-bond donors (Lipinski definition) is 0. The zero-order chi connectivity index (χ0) is 20.3. The van der Waals surface area contributed by atoms with Crippen LogP contribution in [-0.4, -0.2) is 31.3 Å². The quantitative estimate of drug-likeness (QED) is 0.602. The van der Waals surface area contributed by atoms with E-state index in [1.165, 1.54) is 17.4 Å². The SMILES string of the molecule is C#CCn1c(=NC(=O)C(C)Oc2ccccc2)sc2cc(S(C)(=O)=O)ccc21. The molecule has 0 aliphatic carbocycles. The summed E-state index contributed by atoms with van der Waals surface area (Å²) in [5, 5.41) is 0. The van der Waals surface area contributed by atoms with Gasteiger partial charge in [-0.05, 0) is 37.3 Å². The molecule has 0 spiro atoms. The molecule has 0 aliphatic rings. The van der Waals surface area contributed by atoms with Crippen molar-refractivity contribution < 1.29 is 17.9 Å². The summed E-state index contributed by atoms with van der Waals surface area (Å²) in [6, 6.07) is 13.8. The van der Waals surface area contributed by atoms with Crippen molar-refractivity contribution in [3.63, 3.8) is 0 Å². The van der Waals surface area contributed by atoms with E-state index in [4.69, 9.17) is 11.2 Å². The Balaban J connectivity index is 2.01. The van der Waals surface area contributed by atoms with E-state index in [1.54, 1.807) is 35.8 Å². The molecule has 1 aromatic heterocycles. The summed E-state index contributed by atoms with van der Waals surface area (Å²) in [5.41, 5.74) is 0.721. The highest BCUT2D eigenvalue weighted by molar-refractivity contribution is 7.90. The number of ether oxygens (including phenoxy) is 1. The summed E-state index contributed by atoms with van der Waals surface area (Å²) >= 11 is 1.21. The smallest absolute Gasteiger partial charge is 0.289 e. The molecule has 0 radical (unpaired) electrons. The number of rotatable bonds is 5. The third kappa shape index (κ3) is 4.32. The van der Waals surface area contributed by atoms with E-state index >= 15 is 0 Å². The number of fused-ring (bicyclic) bond motifs is 1. The maximum absolute atomic E-state index is 12.5. The number of benzene rings is 2. The van der Waals surface area contributed by atoms with Crippen LogP contribution in [0.3, 0.4) is 0 Å². The molecule has 3 rings (SSSR count). The number of carbonyl (C=O) groups is 1. The Kier molecular flexibility index (Phi) is 5.68. The van der Waals surface area contributed by atoms with E-state index in [0.717, 1.165) is 11.8 Å². The minimum absolute atomic E-state index is 0.202. The third-order valence-electron chi connectivity index (χ3n) is 3.94. The number of terminal acetylenes is 1. The van der Waals surface area contributed by atoms with Gasteiger partial charge in [0.05, 0.1) is 21.7 Å². The molecule has 8 heteroatoms. The predicted octanol–water partition coefficient (Wildman–Crippen LogP) is 2.63. The van der Waals surface area contributed by atoms with Crippen LogP contribution in [0, 0.1) is 12.3 Å². The van der Waals surface area contributed by atoms with Gasteiger partial charge in [-0.15, -0.1) is 6.42 Å². The van der Waals surface area contributed by atoms with Crippen molar-refractivity contribution in [2.45, 2.75) is 24.5 Å². The van der Waals surface area contributed by atoms with Crippen LogP contribution in [0.5, 0.6) is 5.75 Å². The monoisotopic (exact) mass is 414 g/mol. The lowest BCUT2D eigenvalue weighted by atomic mass is 10.3. The predicted molar refractivity (Wildman–Crippen MR) is 109 cm³/mol. The van der Waals surface area contributed by atoms with Crippen molar-refractivity contribution in [2.24, 2.45) is 4.99 Å².